The standard InChI is InChI=1S/C34H35N5O4S/c1-23-8-7-11-26(20-23)33-31-32(25-9-5-4-6-10-25)35-39(27-12-14-28(43-3)15-13-27)34(31)38(30(42)22-44-33)21-29(41)37-18-16-36(17-19-37)24(2)40/h4-15,20,33H,16-19,21-22H2,1-3H3/t33-/m1/s1. The first-order chi connectivity index (χ1) is 21.3. The second-order valence-electron chi connectivity index (χ2n) is 11.0. The van der Waals surface area contributed by atoms with E-state index in [9.17, 15) is 14.4 Å². The van der Waals surface area contributed by atoms with Crippen molar-refractivity contribution in [3.05, 3.63) is 95.6 Å². The lowest BCUT2D eigenvalue weighted by Gasteiger charge is -2.35. The minimum atomic E-state index is -0.199. The van der Waals surface area contributed by atoms with Crippen LogP contribution >= 0.6 is 11.8 Å². The molecular formula is C34H35N5O4S. The largest absolute Gasteiger partial charge is 0.497 e. The fraction of sp³-hybridized carbons (Fsp3) is 0.294. The molecular weight excluding hydrogens is 574 g/mol. The Hall–Kier alpha value is -4.57. The van der Waals surface area contributed by atoms with Crippen LogP contribution in [0, 0.1) is 6.92 Å². The Morgan fingerprint density at radius 1 is 0.932 bits per heavy atom. The highest BCUT2D eigenvalue weighted by atomic mass is 32.2. The molecule has 1 saturated heterocycles. The average Bonchev–Trinajstić information content (AvgIpc) is 3.37. The van der Waals surface area contributed by atoms with Crippen LogP contribution in [-0.2, 0) is 14.4 Å². The lowest BCUT2D eigenvalue weighted by atomic mass is 9.98. The topological polar surface area (TPSA) is 88.0 Å². The van der Waals surface area contributed by atoms with Gasteiger partial charge in [0.2, 0.25) is 17.7 Å². The molecule has 44 heavy (non-hydrogen) atoms. The molecule has 0 radical (unpaired) electrons. The van der Waals surface area contributed by atoms with Crippen LogP contribution in [0.1, 0.15) is 28.9 Å². The lowest BCUT2D eigenvalue weighted by molar-refractivity contribution is -0.137. The summed E-state index contributed by atoms with van der Waals surface area (Å²) in [6.07, 6.45) is 0. The molecule has 0 N–H and O–H groups in total. The molecule has 2 aliphatic heterocycles. The first-order valence-electron chi connectivity index (χ1n) is 14.7. The number of ether oxygens (including phenoxy) is 1. The van der Waals surface area contributed by atoms with E-state index >= 15 is 0 Å². The van der Waals surface area contributed by atoms with Crippen molar-refractivity contribution < 1.29 is 19.1 Å². The highest BCUT2D eigenvalue weighted by Gasteiger charge is 2.38. The Labute approximate surface area is 261 Å². The molecule has 9 nitrogen and oxygen atoms in total. The van der Waals surface area contributed by atoms with Crippen LogP contribution in [0.15, 0.2) is 78.9 Å². The number of carbonyl (C=O) groups excluding carboxylic acids is 3. The molecule has 0 aliphatic carbocycles. The van der Waals surface area contributed by atoms with E-state index in [1.165, 1.54) is 0 Å². The summed E-state index contributed by atoms with van der Waals surface area (Å²) in [5.74, 6) is 1.19. The van der Waals surface area contributed by atoms with Crippen LogP contribution < -0.4 is 9.64 Å². The summed E-state index contributed by atoms with van der Waals surface area (Å²) >= 11 is 1.56. The van der Waals surface area contributed by atoms with Crippen LogP contribution in [0.2, 0.25) is 0 Å². The molecule has 3 amide bonds. The van der Waals surface area contributed by atoms with Crippen molar-refractivity contribution in [3.63, 3.8) is 0 Å². The monoisotopic (exact) mass is 609 g/mol. The van der Waals surface area contributed by atoms with Gasteiger partial charge in [-0.05, 0) is 36.8 Å². The number of thioether (sulfide) groups is 1. The number of hydrogen-bond acceptors (Lipinski definition) is 6. The molecule has 226 valence electrons. The third-order valence-electron chi connectivity index (χ3n) is 8.17. The third kappa shape index (κ3) is 5.81. The van der Waals surface area contributed by atoms with Crippen LogP contribution in [0.3, 0.4) is 0 Å². The van der Waals surface area contributed by atoms with Crippen molar-refractivity contribution in [1.82, 2.24) is 19.6 Å². The maximum Gasteiger partial charge on any atom is 0.242 e. The fourth-order valence-electron chi connectivity index (χ4n) is 5.83. The Kier molecular flexibility index (Phi) is 8.43. The predicted octanol–water partition coefficient (Wildman–Crippen LogP) is 4.72. The van der Waals surface area contributed by atoms with E-state index in [4.69, 9.17) is 9.84 Å². The molecule has 0 unspecified atom stereocenters. The minimum absolute atomic E-state index is 0.000451. The molecule has 0 bridgehead atoms. The molecule has 1 atom stereocenters. The SMILES string of the molecule is COc1ccc(-n2nc(-c3ccccc3)c3c2N(CC(=O)N2CCN(C(C)=O)CC2)C(=O)CS[C@@H]3c2cccc(C)c2)cc1. The molecule has 10 heteroatoms. The van der Waals surface area contributed by atoms with E-state index in [2.05, 4.69) is 25.1 Å². The molecule has 2 aliphatic rings. The second-order valence-corrected chi connectivity index (χ2v) is 12.1. The van der Waals surface area contributed by atoms with Gasteiger partial charge in [0.15, 0.2) is 0 Å². The lowest BCUT2D eigenvalue weighted by Crippen LogP contribution is -2.53. The van der Waals surface area contributed by atoms with E-state index in [1.54, 1.807) is 45.2 Å². The van der Waals surface area contributed by atoms with Gasteiger partial charge in [0.25, 0.3) is 0 Å². The van der Waals surface area contributed by atoms with Gasteiger partial charge < -0.3 is 14.5 Å². The number of rotatable bonds is 6. The van der Waals surface area contributed by atoms with E-state index < -0.39 is 0 Å². The fourth-order valence-corrected chi connectivity index (χ4v) is 7.02. The number of nitrogens with zero attached hydrogens (tertiary/aromatic N) is 5. The first kappa shape index (κ1) is 29.5. The molecule has 0 spiro atoms. The maximum atomic E-state index is 14.0. The first-order valence-corrected chi connectivity index (χ1v) is 15.7. The average molecular weight is 610 g/mol. The van der Waals surface area contributed by atoms with Gasteiger partial charge in [-0.3, -0.25) is 19.3 Å². The van der Waals surface area contributed by atoms with Crippen molar-refractivity contribution in [2.24, 2.45) is 0 Å². The number of hydrogen-bond donors (Lipinski definition) is 0. The van der Waals surface area contributed by atoms with Gasteiger partial charge in [0.1, 0.15) is 18.1 Å². The smallest absolute Gasteiger partial charge is 0.242 e. The zero-order valence-electron chi connectivity index (χ0n) is 25.1. The normalized spacial score (nSPS) is 16.8. The van der Waals surface area contributed by atoms with Crippen molar-refractivity contribution in [3.8, 4) is 22.7 Å². The molecule has 3 heterocycles. The van der Waals surface area contributed by atoms with Crippen molar-refractivity contribution in [2.45, 2.75) is 19.1 Å². The van der Waals surface area contributed by atoms with Gasteiger partial charge >= 0.3 is 0 Å². The zero-order chi connectivity index (χ0) is 30.8. The molecule has 6 rings (SSSR count). The highest BCUT2D eigenvalue weighted by molar-refractivity contribution is 8.00. The van der Waals surface area contributed by atoms with Crippen molar-refractivity contribution in [1.29, 1.82) is 0 Å². The Balaban J connectivity index is 1.51. The Bertz CT molecular complexity index is 1680. The summed E-state index contributed by atoms with van der Waals surface area (Å²) in [6.45, 7) is 5.31. The number of piperazine rings is 1. The Morgan fingerprint density at radius 2 is 1.64 bits per heavy atom. The zero-order valence-corrected chi connectivity index (χ0v) is 25.9. The molecule has 1 aromatic heterocycles. The summed E-state index contributed by atoms with van der Waals surface area (Å²) in [5.41, 5.74) is 5.53. The van der Waals surface area contributed by atoms with E-state index in [0.717, 1.165) is 33.6 Å². The van der Waals surface area contributed by atoms with Gasteiger partial charge in [-0.25, -0.2) is 4.68 Å². The van der Waals surface area contributed by atoms with E-state index in [0.29, 0.717) is 37.7 Å². The van der Waals surface area contributed by atoms with Crippen molar-refractivity contribution >= 4 is 35.3 Å². The minimum Gasteiger partial charge on any atom is -0.497 e. The van der Waals surface area contributed by atoms with Gasteiger partial charge in [-0.2, -0.15) is 5.10 Å². The number of amides is 3. The van der Waals surface area contributed by atoms with Crippen LogP contribution in [0.25, 0.3) is 16.9 Å². The third-order valence-corrected chi connectivity index (χ3v) is 9.42. The van der Waals surface area contributed by atoms with Crippen molar-refractivity contribution in [2.75, 3.05) is 50.5 Å². The maximum absolute atomic E-state index is 14.0. The summed E-state index contributed by atoms with van der Waals surface area (Å²) in [4.78, 5) is 44.8. The molecule has 3 aromatic carbocycles. The molecule has 4 aromatic rings. The van der Waals surface area contributed by atoms with Crippen LogP contribution in [-0.4, -0.2) is 82.9 Å². The summed E-state index contributed by atoms with van der Waals surface area (Å²) in [5, 5.41) is 4.96. The number of aryl methyl sites for hydroxylation is 1. The van der Waals surface area contributed by atoms with E-state index in [-0.39, 0.29) is 35.3 Å². The predicted molar refractivity (Wildman–Crippen MR) is 172 cm³/mol. The number of anilines is 1. The number of methoxy groups -OCH3 is 1. The number of aromatic nitrogens is 2. The van der Waals surface area contributed by atoms with Crippen LogP contribution in [0.4, 0.5) is 5.82 Å². The number of fused-ring (bicyclic) bond motifs is 1. The van der Waals surface area contributed by atoms with Gasteiger partial charge in [0.05, 0.1) is 29.5 Å². The van der Waals surface area contributed by atoms with Gasteiger partial charge in [-0.1, -0.05) is 60.2 Å². The number of carbonyl (C=O) groups is 3. The summed E-state index contributed by atoms with van der Waals surface area (Å²) in [7, 11) is 1.62. The highest BCUT2D eigenvalue weighted by Crippen LogP contribution is 2.48. The molecule has 1 fully saturated rings. The van der Waals surface area contributed by atoms with Crippen LogP contribution in [0.5, 0.6) is 5.75 Å². The van der Waals surface area contributed by atoms with Gasteiger partial charge in [-0.15, -0.1) is 11.8 Å². The summed E-state index contributed by atoms with van der Waals surface area (Å²) in [6, 6.07) is 25.9. The number of benzene rings is 3. The second kappa shape index (κ2) is 12.6. The quantitative estimate of drug-likeness (QED) is 0.315. The van der Waals surface area contributed by atoms with Gasteiger partial charge in [0, 0.05) is 44.2 Å². The molecule has 0 saturated carbocycles. The summed E-state index contributed by atoms with van der Waals surface area (Å²) < 4.78 is 7.20. The Morgan fingerprint density at radius 3 is 2.30 bits per heavy atom. The van der Waals surface area contributed by atoms with E-state index in [1.807, 2.05) is 60.7 Å².